The van der Waals surface area contributed by atoms with E-state index < -0.39 is 9.84 Å². The molecule has 0 bridgehead atoms. The van der Waals surface area contributed by atoms with E-state index in [9.17, 15) is 8.42 Å². The molecule has 1 unspecified atom stereocenters. The van der Waals surface area contributed by atoms with Crippen molar-refractivity contribution in [1.82, 2.24) is 0 Å². The fraction of sp³-hybridized carbons (Fsp3) is 1.00. The lowest BCUT2D eigenvalue weighted by Crippen LogP contribution is -2.31. The van der Waals surface area contributed by atoms with Gasteiger partial charge in [-0.05, 0) is 41.9 Å². The van der Waals surface area contributed by atoms with Gasteiger partial charge in [-0.2, -0.15) is 0 Å². The number of rotatable bonds is 8. The van der Waals surface area contributed by atoms with Crippen LogP contribution in [0.5, 0.6) is 0 Å². The minimum Gasteiger partial charge on any atom is -0.381 e. The molecule has 0 spiro atoms. The highest BCUT2D eigenvalue weighted by Gasteiger charge is 2.40. The lowest BCUT2D eigenvalue weighted by molar-refractivity contribution is 0.0720. The summed E-state index contributed by atoms with van der Waals surface area (Å²) in [7, 11) is -2.96. The maximum atomic E-state index is 12.3. The smallest absolute Gasteiger partial charge is 0.150 e. The zero-order valence-electron chi connectivity index (χ0n) is 14.7. The summed E-state index contributed by atoms with van der Waals surface area (Å²) in [5, 5.41) is 0. The summed E-state index contributed by atoms with van der Waals surface area (Å²) in [4.78, 5) is 0. The van der Waals surface area contributed by atoms with Gasteiger partial charge < -0.3 is 4.74 Å². The summed E-state index contributed by atoms with van der Waals surface area (Å²) >= 11 is 0. The molecule has 3 nitrogen and oxygen atoms in total. The zero-order valence-corrected chi connectivity index (χ0v) is 15.6. The third-order valence-electron chi connectivity index (χ3n) is 4.02. The number of ether oxygens (including phenoxy) is 1. The van der Waals surface area contributed by atoms with Gasteiger partial charge in [-0.15, -0.1) is 0 Å². The lowest BCUT2D eigenvalue weighted by Gasteiger charge is -2.30. The Balaban J connectivity index is 2.36. The van der Waals surface area contributed by atoms with Crippen LogP contribution in [0.15, 0.2) is 0 Å². The minimum atomic E-state index is -2.96. The van der Waals surface area contributed by atoms with Crippen LogP contribution in [0, 0.1) is 22.7 Å². The van der Waals surface area contributed by atoms with Gasteiger partial charge in [0.1, 0.15) is 0 Å². The fourth-order valence-electron chi connectivity index (χ4n) is 2.71. The molecular weight excluding hydrogens is 284 g/mol. The van der Waals surface area contributed by atoms with Crippen LogP contribution >= 0.6 is 0 Å². The molecule has 0 aromatic rings. The number of sulfone groups is 1. The van der Waals surface area contributed by atoms with Crippen LogP contribution in [0.3, 0.4) is 0 Å². The van der Waals surface area contributed by atoms with Crippen LogP contribution in [0.2, 0.25) is 0 Å². The van der Waals surface area contributed by atoms with E-state index in [0.29, 0.717) is 37.2 Å². The first-order valence-corrected chi connectivity index (χ1v) is 10.0. The average Bonchev–Trinajstić information content (AvgIpc) is 3.06. The molecule has 0 radical (unpaired) electrons. The maximum Gasteiger partial charge on any atom is 0.150 e. The molecule has 0 aromatic heterocycles. The van der Waals surface area contributed by atoms with Crippen LogP contribution in [0.1, 0.15) is 60.8 Å². The Morgan fingerprint density at radius 2 is 1.67 bits per heavy atom. The highest BCUT2D eigenvalue weighted by molar-refractivity contribution is 7.91. The van der Waals surface area contributed by atoms with E-state index in [-0.39, 0.29) is 16.6 Å². The van der Waals surface area contributed by atoms with Gasteiger partial charge in [0.2, 0.25) is 0 Å². The van der Waals surface area contributed by atoms with Crippen molar-refractivity contribution in [3.63, 3.8) is 0 Å². The molecule has 0 N–H and O–H groups in total. The van der Waals surface area contributed by atoms with E-state index in [1.54, 1.807) is 0 Å². The zero-order chi connectivity index (χ0) is 16.3. The average molecular weight is 319 g/mol. The van der Waals surface area contributed by atoms with Crippen molar-refractivity contribution in [3.8, 4) is 0 Å². The summed E-state index contributed by atoms with van der Waals surface area (Å²) in [5.41, 5.74) is 0.221. The van der Waals surface area contributed by atoms with Crippen LogP contribution in [-0.2, 0) is 14.6 Å². The van der Waals surface area contributed by atoms with E-state index in [0.717, 1.165) is 0 Å². The minimum absolute atomic E-state index is 0.0803. The Morgan fingerprint density at radius 1 is 1.10 bits per heavy atom. The molecule has 0 aliphatic heterocycles. The Kier molecular flexibility index (Phi) is 6.31. The predicted molar refractivity (Wildman–Crippen MR) is 89.2 cm³/mol. The van der Waals surface area contributed by atoms with Crippen molar-refractivity contribution >= 4 is 9.84 Å². The molecule has 0 amide bonds. The van der Waals surface area contributed by atoms with Crippen LogP contribution in [-0.4, -0.2) is 33.1 Å². The quantitative estimate of drug-likeness (QED) is 0.637. The fourth-order valence-corrected chi connectivity index (χ4v) is 4.75. The van der Waals surface area contributed by atoms with Crippen molar-refractivity contribution in [2.45, 2.75) is 60.8 Å². The molecule has 1 aliphatic rings. The highest BCUT2D eigenvalue weighted by Crippen LogP contribution is 2.46. The molecule has 126 valence electrons. The molecule has 1 aliphatic carbocycles. The topological polar surface area (TPSA) is 43.4 Å². The number of hydrogen-bond acceptors (Lipinski definition) is 3. The van der Waals surface area contributed by atoms with E-state index in [2.05, 4.69) is 41.5 Å². The summed E-state index contributed by atoms with van der Waals surface area (Å²) in [6.45, 7) is 14.1. The molecule has 0 heterocycles. The van der Waals surface area contributed by atoms with Crippen LogP contribution in [0.4, 0.5) is 0 Å². The molecule has 1 atom stereocenters. The Bertz CT molecular complexity index is 408. The highest BCUT2D eigenvalue weighted by atomic mass is 32.2. The first kappa shape index (κ1) is 19.0. The van der Waals surface area contributed by atoms with Crippen LogP contribution in [0.25, 0.3) is 0 Å². The third kappa shape index (κ3) is 8.20. The SMILES string of the molecule is CC(C)(C)COCCCS(=O)(=O)CC(C1CC1)C(C)(C)C. The molecule has 21 heavy (non-hydrogen) atoms. The monoisotopic (exact) mass is 318 g/mol. The normalized spacial score (nSPS) is 18.8. The van der Waals surface area contributed by atoms with Gasteiger partial charge in [0, 0.05) is 6.61 Å². The second-order valence-electron chi connectivity index (χ2n) is 8.89. The third-order valence-corrected chi connectivity index (χ3v) is 5.79. The number of hydrogen-bond donors (Lipinski definition) is 0. The summed E-state index contributed by atoms with van der Waals surface area (Å²) in [6.07, 6.45) is 3.01. The van der Waals surface area contributed by atoms with Gasteiger partial charge in [0.15, 0.2) is 9.84 Å². The van der Waals surface area contributed by atoms with Gasteiger partial charge in [-0.3, -0.25) is 0 Å². The van der Waals surface area contributed by atoms with Gasteiger partial charge in [0.25, 0.3) is 0 Å². The van der Waals surface area contributed by atoms with E-state index in [1.165, 1.54) is 12.8 Å². The second-order valence-corrected chi connectivity index (χ2v) is 11.1. The van der Waals surface area contributed by atoms with Gasteiger partial charge >= 0.3 is 0 Å². The lowest BCUT2D eigenvalue weighted by atomic mass is 9.79. The molecule has 1 fully saturated rings. The van der Waals surface area contributed by atoms with Crippen molar-refractivity contribution in [2.75, 3.05) is 24.7 Å². The van der Waals surface area contributed by atoms with Gasteiger partial charge in [-0.1, -0.05) is 41.5 Å². The van der Waals surface area contributed by atoms with Crippen LogP contribution < -0.4 is 0 Å². The first-order valence-electron chi connectivity index (χ1n) is 8.19. The molecule has 1 saturated carbocycles. The van der Waals surface area contributed by atoms with Crippen molar-refractivity contribution in [3.05, 3.63) is 0 Å². The molecule has 4 heteroatoms. The maximum absolute atomic E-state index is 12.3. The standard InChI is InChI=1S/C17H34O3S/c1-16(2,3)13-20-10-7-11-21(18,19)12-15(14-8-9-14)17(4,5)6/h14-15H,7-13H2,1-6H3. The van der Waals surface area contributed by atoms with E-state index in [4.69, 9.17) is 4.74 Å². The second kappa shape index (κ2) is 6.99. The largest absolute Gasteiger partial charge is 0.381 e. The summed E-state index contributed by atoms with van der Waals surface area (Å²) in [5.74, 6) is 1.53. The Labute approximate surface area is 131 Å². The predicted octanol–water partition coefficient (Wildman–Crippen LogP) is 3.93. The van der Waals surface area contributed by atoms with Crippen molar-refractivity contribution < 1.29 is 13.2 Å². The van der Waals surface area contributed by atoms with E-state index >= 15 is 0 Å². The molecular formula is C17H34O3S. The molecule has 0 aromatic carbocycles. The van der Waals surface area contributed by atoms with Crippen molar-refractivity contribution in [1.29, 1.82) is 0 Å². The molecule has 1 rings (SSSR count). The first-order chi connectivity index (χ1) is 9.41. The van der Waals surface area contributed by atoms with Crippen molar-refractivity contribution in [2.24, 2.45) is 22.7 Å². The summed E-state index contributed by atoms with van der Waals surface area (Å²) in [6, 6.07) is 0. The Hall–Kier alpha value is -0.0900. The van der Waals surface area contributed by atoms with Gasteiger partial charge in [0.05, 0.1) is 18.1 Å². The van der Waals surface area contributed by atoms with Gasteiger partial charge in [-0.25, -0.2) is 8.42 Å². The Morgan fingerprint density at radius 3 is 2.10 bits per heavy atom. The van der Waals surface area contributed by atoms with E-state index in [1.807, 2.05) is 0 Å². The summed E-state index contributed by atoms with van der Waals surface area (Å²) < 4.78 is 30.2. The molecule has 0 saturated heterocycles.